The lowest BCUT2D eigenvalue weighted by Gasteiger charge is -2.18. The molecule has 2 amide bonds. The maximum atomic E-state index is 12.5. The van der Waals surface area contributed by atoms with Crippen molar-refractivity contribution in [2.24, 2.45) is 0 Å². The van der Waals surface area contributed by atoms with Gasteiger partial charge in [-0.3, -0.25) is 9.59 Å². The number of carbonyl (C=O) groups excluding carboxylic acids is 2. The predicted octanol–water partition coefficient (Wildman–Crippen LogP) is 4.97. The molecule has 0 saturated heterocycles. The average Bonchev–Trinajstić information content (AvgIpc) is 2.73. The van der Waals surface area contributed by atoms with Crippen molar-refractivity contribution in [3.63, 3.8) is 0 Å². The molecule has 0 radical (unpaired) electrons. The van der Waals surface area contributed by atoms with E-state index in [1.807, 2.05) is 62.4 Å². The number of nitrogens with zero attached hydrogens (tertiary/aromatic N) is 1. The Kier molecular flexibility index (Phi) is 6.22. The first kappa shape index (κ1) is 19.4. The molecule has 0 saturated carbocycles. The maximum absolute atomic E-state index is 12.5. The molecule has 4 nitrogen and oxygen atoms in total. The highest BCUT2D eigenvalue weighted by Gasteiger charge is 2.12. The van der Waals surface area contributed by atoms with E-state index in [9.17, 15) is 9.59 Å². The summed E-state index contributed by atoms with van der Waals surface area (Å²) in [7, 11) is 0. The van der Waals surface area contributed by atoms with Gasteiger partial charge in [-0.1, -0.05) is 48.5 Å². The monoisotopic (exact) mass is 372 g/mol. The Bertz CT molecular complexity index is 1010. The molecule has 0 bridgehead atoms. The minimum atomic E-state index is -0.236. The van der Waals surface area contributed by atoms with Crippen molar-refractivity contribution in [2.45, 2.75) is 13.8 Å². The smallest absolute Gasteiger partial charge is 0.253 e. The molecule has 1 N–H and O–H groups in total. The van der Waals surface area contributed by atoms with Crippen molar-refractivity contribution in [3.8, 4) is 0 Å². The van der Waals surface area contributed by atoms with Gasteiger partial charge in [-0.25, -0.2) is 0 Å². The second-order valence-corrected chi connectivity index (χ2v) is 6.45. The Balaban J connectivity index is 1.74. The number of nitrogens with one attached hydrogen (secondary N) is 1. The number of anilines is 1. The zero-order valence-electron chi connectivity index (χ0n) is 16.2. The summed E-state index contributed by atoms with van der Waals surface area (Å²) >= 11 is 0. The number of benzene rings is 3. The molecule has 0 fully saturated rings. The largest absolute Gasteiger partial charge is 0.339 e. The molecule has 0 aliphatic carbocycles. The van der Waals surface area contributed by atoms with Crippen LogP contribution in [-0.4, -0.2) is 29.8 Å². The molecular formula is C24H24N2O2. The van der Waals surface area contributed by atoms with E-state index in [0.29, 0.717) is 24.3 Å². The summed E-state index contributed by atoms with van der Waals surface area (Å²) in [6, 6.07) is 21.1. The standard InChI is InChI=1S/C24H24N2O2/c1-3-26(4-2)24(28)20-12-8-13-21(17-20)25-23(27)16-15-19-11-7-10-18-9-5-6-14-22(18)19/h5-17H,3-4H2,1-2H3,(H,25,27)/b16-15+. The third-order valence-corrected chi connectivity index (χ3v) is 4.67. The van der Waals surface area contributed by atoms with Crippen LogP contribution in [0.5, 0.6) is 0 Å². The summed E-state index contributed by atoms with van der Waals surface area (Å²) in [6.07, 6.45) is 3.32. The van der Waals surface area contributed by atoms with Crippen LogP contribution in [0.3, 0.4) is 0 Å². The van der Waals surface area contributed by atoms with Gasteiger partial charge in [0.2, 0.25) is 5.91 Å². The number of fused-ring (bicyclic) bond motifs is 1. The third kappa shape index (κ3) is 4.46. The average molecular weight is 372 g/mol. The van der Waals surface area contributed by atoms with Crippen LogP contribution < -0.4 is 5.32 Å². The second-order valence-electron chi connectivity index (χ2n) is 6.45. The van der Waals surface area contributed by atoms with Gasteiger partial charge in [-0.05, 0) is 54.5 Å². The van der Waals surface area contributed by atoms with Crippen molar-refractivity contribution >= 4 is 34.4 Å². The number of hydrogen-bond acceptors (Lipinski definition) is 2. The second kappa shape index (κ2) is 9.00. The predicted molar refractivity (Wildman–Crippen MR) is 115 cm³/mol. The summed E-state index contributed by atoms with van der Waals surface area (Å²) in [5.41, 5.74) is 2.16. The topological polar surface area (TPSA) is 49.4 Å². The van der Waals surface area contributed by atoms with Gasteiger partial charge in [-0.2, -0.15) is 0 Å². The molecule has 3 aromatic rings. The van der Waals surface area contributed by atoms with E-state index in [2.05, 4.69) is 5.32 Å². The molecule has 0 unspecified atom stereocenters. The van der Waals surface area contributed by atoms with Crippen molar-refractivity contribution in [3.05, 3.63) is 83.9 Å². The van der Waals surface area contributed by atoms with E-state index in [4.69, 9.17) is 0 Å². The maximum Gasteiger partial charge on any atom is 0.253 e. The molecule has 0 heterocycles. The van der Waals surface area contributed by atoms with E-state index in [1.165, 1.54) is 6.08 Å². The highest BCUT2D eigenvalue weighted by molar-refractivity contribution is 6.04. The number of amides is 2. The summed E-state index contributed by atoms with van der Waals surface area (Å²) < 4.78 is 0. The van der Waals surface area contributed by atoms with Crippen LogP contribution in [0.2, 0.25) is 0 Å². The molecule has 3 aromatic carbocycles. The molecular weight excluding hydrogens is 348 g/mol. The highest BCUT2D eigenvalue weighted by atomic mass is 16.2. The van der Waals surface area contributed by atoms with Crippen LogP contribution in [0.25, 0.3) is 16.8 Å². The Labute approximate surface area is 165 Å². The van der Waals surface area contributed by atoms with Crippen molar-refractivity contribution in [1.29, 1.82) is 0 Å². The lowest BCUT2D eigenvalue weighted by Crippen LogP contribution is -2.30. The van der Waals surface area contributed by atoms with Gasteiger partial charge in [0.15, 0.2) is 0 Å². The molecule has 142 valence electrons. The van der Waals surface area contributed by atoms with Crippen LogP contribution in [0.15, 0.2) is 72.8 Å². The first-order chi connectivity index (χ1) is 13.6. The van der Waals surface area contributed by atoms with Gasteiger partial charge >= 0.3 is 0 Å². The van der Waals surface area contributed by atoms with Crippen LogP contribution in [0, 0.1) is 0 Å². The Morgan fingerprint density at radius 2 is 1.64 bits per heavy atom. The molecule has 0 spiro atoms. The molecule has 3 rings (SSSR count). The normalized spacial score (nSPS) is 10.9. The SMILES string of the molecule is CCN(CC)C(=O)c1cccc(NC(=O)/C=C/c2cccc3ccccc23)c1. The first-order valence-electron chi connectivity index (χ1n) is 9.48. The molecule has 4 heteroatoms. The van der Waals surface area contributed by atoms with Crippen molar-refractivity contribution in [1.82, 2.24) is 4.90 Å². The van der Waals surface area contributed by atoms with E-state index in [1.54, 1.807) is 29.2 Å². The number of hydrogen-bond donors (Lipinski definition) is 1. The third-order valence-electron chi connectivity index (χ3n) is 4.67. The minimum Gasteiger partial charge on any atom is -0.339 e. The Morgan fingerprint density at radius 1 is 0.929 bits per heavy atom. The van der Waals surface area contributed by atoms with Crippen LogP contribution >= 0.6 is 0 Å². The van der Waals surface area contributed by atoms with Crippen LogP contribution in [-0.2, 0) is 4.79 Å². The lowest BCUT2D eigenvalue weighted by atomic mass is 10.0. The lowest BCUT2D eigenvalue weighted by molar-refractivity contribution is -0.111. The van der Waals surface area contributed by atoms with Gasteiger partial charge in [0, 0.05) is 30.4 Å². The number of carbonyl (C=O) groups is 2. The summed E-state index contributed by atoms with van der Waals surface area (Å²) in [4.78, 5) is 26.6. The van der Waals surface area contributed by atoms with Crippen molar-refractivity contribution in [2.75, 3.05) is 18.4 Å². The highest BCUT2D eigenvalue weighted by Crippen LogP contribution is 2.20. The fraction of sp³-hybridized carbons (Fsp3) is 0.167. The quantitative estimate of drug-likeness (QED) is 0.621. The van der Waals surface area contributed by atoms with Gasteiger partial charge in [0.05, 0.1) is 0 Å². The molecule has 0 aliphatic heterocycles. The van der Waals surface area contributed by atoms with Crippen LogP contribution in [0.4, 0.5) is 5.69 Å². The van der Waals surface area contributed by atoms with Gasteiger partial charge < -0.3 is 10.2 Å². The molecule has 28 heavy (non-hydrogen) atoms. The minimum absolute atomic E-state index is 0.0348. The fourth-order valence-electron chi connectivity index (χ4n) is 3.17. The summed E-state index contributed by atoms with van der Waals surface area (Å²) in [5.74, 6) is -0.271. The fourth-order valence-corrected chi connectivity index (χ4v) is 3.17. The van der Waals surface area contributed by atoms with Crippen molar-refractivity contribution < 1.29 is 9.59 Å². The van der Waals surface area contributed by atoms with Gasteiger partial charge in [0.25, 0.3) is 5.91 Å². The zero-order chi connectivity index (χ0) is 19.9. The number of rotatable bonds is 6. The zero-order valence-corrected chi connectivity index (χ0v) is 16.2. The van der Waals surface area contributed by atoms with E-state index in [-0.39, 0.29) is 11.8 Å². The van der Waals surface area contributed by atoms with Gasteiger partial charge in [-0.15, -0.1) is 0 Å². The van der Waals surface area contributed by atoms with Crippen LogP contribution in [0.1, 0.15) is 29.8 Å². The van der Waals surface area contributed by atoms with E-state index < -0.39 is 0 Å². The first-order valence-corrected chi connectivity index (χ1v) is 9.48. The van der Waals surface area contributed by atoms with Gasteiger partial charge in [0.1, 0.15) is 0 Å². The van der Waals surface area contributed by atoms with E-state index in [0.717, 1.165) is 16.3 Å². The molecule has 0 atom stereocenters. The Hall–Kier alpha value is -3.40. The van der Waals surface area contributed by atoms with E-state index >= 15 is 0 Å². The Morgan fingerprint density at radius 3 is 2.43 bits per heavy atom. The summed E-state index contributed by atoms with van der Waals surface area (Å²) in [6.45, 7) is 5.20. The molecule has 0 aliphatic rings. The summed E-state index contributed by atoms with van der Waals surface area (Å²) in [5, 5.41) is 5.06. The molecule has 0 aromatic heterocycles.